The van der Waals surface area contributed by atoms with Crippen molar-refractivity contribution < 1.29 is 9.90 Å². The van der Waals surface area contributed by atoms with Crippen molar-refractivity contribution in [2.45, 2.75) is 6.92 Å². The van der Waals surface area contributed by atoms with Crippen LogP contribution >= 0.6 is 11.3 Å². The number of anilines is 1. The van der Waals surface area contributed by atoms with Crippen LogP contribution < -0.4 is 5.01 Å². The second-order valence-corrected chi connectivity index (χ2v) is 4.54. The van der Waals surface area contributed by atoms with Crippen molar-refractivity contribution in [3.63, 3.8) is 0 Å². The predicted octanol–water partition coefficient (Wildman–Crippen LogP) is 3.66. The largest absolute Gasteiger partial charge is 0.463 e. The van der Waals surface area contributed by atoms with Gasteiger partial charge < -0.3 is 5.11 Å². The number of hydrogen-bond donors (Lipinski definition) is 1. The lowest BCUT2D eigenvalue weighted by molar-refractivity contribution is 0.202. The van der Waals surface area contributed by atoms with E-state index in [2.05, 4.69) is 5.10 Å². The van der Waals surface area contributed by atoms with E-state index in [0.29, 0.717) is 11.4 Å². The maximum Gasteiger partial charge on any atom is 0.432 e. The molecule has 1 N–H and O–H groups in total. The molecule has 0 saturated carbocycles. The number of carbonyl (C=O) groups is 1. The molecule has 4 nitrogen and oxygen atoms in total. The molecule has 1 aromatic heterocycles. The second kappa shape index (κ2) is 5.46. The fourth-order valence-corrected chi connectivity index (χ4v) is 2.14. The number of nitrogens with zero attached hydrogens (tertiary/aromatic N) is 2. The Morgan fingerprint density at radius 1 is 1.22 bits per heavy atom. The van der Waals surface area contributed by atoms with E-state index in [4.69, 9.17) is 0 Å². The first-order valence-corrected chi connectivity index (χ1v) is 6.23. The molecule has 0 unspecified atom stereocenters. The molecule has 0 bridgehead atoms. The fourth-order valence-electron chi connectivity index (χ4n) is 1.46. The van der Waals surface area contributed by atoms with Crippen LogP contribution in [0, 0.1) is 0 Å². The van der Waals surface area contributed by atoms with Gasteiger partial charge in [-0.3, -0.25) is 0 Å². The van der Waals surface area contributed by atoms with Crippen LogP contribution in [0.25, 0.3) is 0 Å². The summed E-state index contributed by atoms with van der Waals surface area (Å²) in [6.07, 6.45) is -1.10. The number of benzene rings is 1. The molecule has 0 radical (unpaired) electrons. The molecule has 0 aliphatic heterocycles. The summed E-state index contributed by atoms with van der Waals surface area (Å²) in [4.78, 5) is 12.2. The highest BCUT2D eigenvalue weighted by Gasteiger charge is 2.13. The van der Waals surface area contributed by atoms with Crippen molar-refractivity contribution in [1.29, 1.82) is 0 Å². The van der Waals surface area contributed by atoms with Crippen molar-refractivity contribution in [3.8, 4) is 0 Å². The van der Waals surface area contributed by atoms with Crippen LogP contribution in [0.15, 0.2) is 52.9 Å². The Hall–Kier alpha value is -2.14. The molecular weight excluding hydrogens is 248 g/mol. The number of hydrogen-bond acceptors (Lipinski definition) is 3. The monoisotopic (exact) mass is 260 g/mol. The van der Waals surface area contributed by atoms with Crippen molar-refractivity contribution in [2.75, 3.05) is 5.01 Å². The lowest BCUT2D eigenvalue weighted by Crippen LogP contribution is -2.24. The van der Waals surface area contributed by atoms with Crippen molar-refractivity contribution in [3.05, 3.63) is 52.7 Å². The van der Waals surface area contributed by atoms with Crippen LogP contribution in [-0.2, 0) is 0 Å². The molecule has 5 heteroatoms. The Morgan fingerprint density at radius 3 is 2.50 bits per heavy atom. The molecule has 92 valence electrons. The third-order valence-electron chi connectivity index (χ3n) is 2.31. The normalized spacial score (nSPS) is 11.3. The quantitative estimate of drug-likeness (QED) is 0.676. The first-order chi connectivity index (χ1) is 8.68. The van der Waals surface area contributed by atoms with Crippen molar-refractivity contribution in [1.82, 2.24) is 0 Å². The fraction of sp³-hybridized carbons (Fsp3) is 0.0769. The Morgan fingerprint density at radius 2 is 1.94 bits per heavy atom. The van der Waals surface area contributed by atoms with Gasteiger partial charge in [0.15, 0.2) is 0 Å². The van der Waals surface area contributed by atoms with E-state index in [9.17, 15) is 9.90 Å². The van der Waals surface area contributed by atoms with E-state index in [1.165, 1.54) is 11.3 Å². The van der Waals surface area contributed by atoms with Gasteiger partial charge in [0.05, 0.1) is 16.3 Å². The van der Waals surface area contributed by atoms with Gasteiger partial charge in [0.1, 0.15) is 0 Å². The Kier molecular flexibility index (Phi) is 3.74. The van der Waals surface area contributed by atoms with Crippen LogP contribution in [-0.4, -0.2) is 16.9 Å². The highest BCUT2D eigenvalue weighted by atomic mass is 32.1. The summed E-state index contributed by atoms with van der Waals surface area (Å²) in [6.45, 7) is 1.80. The summed E-state index contributed by atoms with van der Waals surface area (Å²) in [5.41, 5.74) is 1.21. The molecule has 0 aliphatic rings. The van der Waals surface area contributed by atoms with E-state index >= 15 is 0 Å². The van der Waals surface area contributed by atoms with Gasteiger partial charge in [0.2, 0.25) is 0 Å². The van der Waals surface area contributed by atoms with Gasteiger partial charge in [0, 0.05) is 0 Å². The van der Waals surface area contributed by atoms with Gasteiger partial charge in [-0.1, -0.05) is 24.3 Å². The van der Waals surface area contributed by atoms with E-state index in [0.717, 1.165) is 9.89 Å². The molecule has 1 heterocycles. The molecular formula is C13H12N2O2S. The zero-order chi connectivity index (χ0) is 13.0. The number of para-hydroxylation sites is 1. The second-order valence-electron chi connectivity index (χ2n) is 3.59. The van der Waals surface area contributed by atoms with E-state index in [-0.39, 0.29) is 0 Å². The van der Waals surface area contributed by atoms with Gasteiger partial charge in [0.25, 0.3) is 0 Å². The van der Waals surface area contributed by atoms with Crippen LogP contribution in [0.5, 0.6) is 0 Å². The average Bonchev–Trinajstić information content (AvgIpc) is 2.90. The van der Waals surface area contributed by atoms with Crippen LogP contribution in [0.4, 0.5) is 10.5 Å². The van der Waals surface area contributed by atoms with Gasteiger partial charge in [-0.05, 0) is 30.5 Å². The summed E-state index contributed by atoms with van der Waals surface area (Å²) < 4.78 is 0. The number of amides is 1. The van der Waals surface area contributed by atoms with Crippen LogP contribution in [0.3, 0.4) is 0 Å². The number of hydrazone groups is 1. The molecule has 0 saturated heterocycles. The maximum absolute atomic E-state index is 11.2. The standard InChI is InChI=1S/C13H12N2O2S/c1-10(12-8-5-9-18-12)14-15(13(16)17)11-6-3-2-4-7-11/h2-9H,1H3,(H,16,17). The molecule has 18 heavy (non-hydrogen) atoms. The summed E-state index contributed by atoms with van der Waals surface area (Å²) >= 11 is 1.53. The third-order valence-corrected chi connectivity index (χ3v) is 3.29. The minimum absolute atomic E-state index is 0.529. The molecule has 2 rings (SSSR count). The molecule has 1 amide bonds. The minimum atomic E-state index is -1.10. The first kappa shape index (κ1) is 12.3. The summed E-state index contributed by atoms with van der Waals surface area (Å²) in [5.74, 6) is 0. The zero-order valence-electron chi connectivity index (χ0n) is 9.78. The van der Waals surface area contributed by atoms with Crippen LogP contribution in [0.2, 0.25) is 0 Å². The SMILES string of the molecule is CC(=NN(C(=O)O)c1ccccc1)c1cccs1. The predicted molar refractivity (Wildman–Crippen MR) is 73.5 cm³/mol. The lowest BCUT2D eigenvalue weighted by atomic mass is 10.3. The number of thiophene rings is 1. The summed E-state index contributed by atoms with van der Waals surface area (Å²) in [7, 11) is 0. The van der Waals surface area contributed by atoms with Gasteiger partial charge in [-0.2, -0.15) is 10.1 Å². The van der Waals surface area contributed by atoms with E-state index in [1.807, 2.05) is 23.6 Å². The summed E-state index contributed by atoms with van der Waals surface area (Å²) in [5, 5.41) is 16.3. The third kappa shape index (κ3) is 2.75. The average molecular weight is 260 g/mol. The smallest absolute Gasteiger partial charge is 0.432 e. The Labute approximate surface area is 109 Å². The Balaban J connectivity index is 2.33. The molecule has 0 aliphatic carbocycles. The van der Waals surface area contributed by atoms with E-state index in [1.54, 1.807) is 31.2 Å². The van der Waals surface area contributed by atoms with Gasteiger partial charge in [-0.25, -0.2) is 4.79 Å². The number of carboxylic acid groups (broad SMARTS) is 1. The van der Waals surface area contributed by atoms with Crippen molar-refractivity contribution in [2.24, 2.45) is 5.10 Å². The Bertz CT molecular complexity index is 550. The topological polar surface area (TPSA) is 52.9 Å². The number of rotatable bonds is 3. The minimum Gasteiger partial charge on any atom is -0.463 e. The van der Waals surface area contributed by atoms with Gasteiger partial charge >= 0.3 is 6.09 Å². The molecule has 0 spiro atoms. The lowest BCUT2D eigenvalue weighted by Gasteiger charge is -2.14. The highest BCUT2D eigenvalue weighted by Crippen LogP contribution is 2.16. The van der Waals surface area contributed by atoms with Crippen molar-refractivity contribution >= 4 is 28.8 Å². The van der Waals surface area contributed by atoms with Gasteiger partial charge in [-0.15, -0.1) is 11.3 Å². The summed E-state index contributed by atoms with van der Waals surface area (Å²) in [6, 6.07) is 12.6. The molecule has 2 aromatic rings. The first-order valence-electron chi connectivity index (χ1n) is 5.35. The molecule has 0 atom stereocenters. The highest BCUT2D eigenvalue weighted by molar-refractivity contribution is 7.12. The van der Waals surface area contributed by atoms with E-state index < -0.39 is 6.09 Å². The maximum atomic E-state index is 11.2. The zero-order valence-corrected chi connectivity index (χ0v) is 10.6. The van der Waals surface area contributed by atoms with Crippen LogP contribution in [0.1, 0.15) is 11.8 Å². The molecule has 1 aromatic carbocycles. The molecule has 0 fully saturated rings.